The molecule has 0 aliphatic carbocycles. The van der Waals surface area contributed by atoms with Crippen molar-refractivity contribution in [2.75, 3.05) is 13.2 Å². The number of nitrogens with two attached hydrogens (primary N) is 1. The molecule has 1 aromatic carbocycles. The summed E-state index contributed by atoms with van der Waals surface area (Å²) in [5.74, 6) is 0.238. The first-order valence-electron chi connectivity index (χ1n) is 6.34. The van der Waals surface area contributed by atoms with Gasteiger partial charge in [-0.25, -0.2) is 0 Å². The van der Waals surface area contributed by atoms with Gasteiger partial charge in [-0.2, -0.15) is 0 Å². The first kappa shape index (κ1) is 15.3. The first-order chi connectivity index (χ1) is 8.97. The molecule has 5 nitrogen and oxygen atoms in total. The Balaban J connectivity index is 2.55. The number of rotatable bonds is 8. The summed E-state index contributed by atoms with van der Waals surface area (Å²) in [6.45, 7) is 4.34. The summed E-state index contributed by atoms with van der Waals surface area (Å²) < 4.78 is 11.1. The van der Waals surface area contributed by atoms with Gasteiger partial charge in [0, 0.05) is 6.42 Å². The topological polar surface area (TPSA) is 81.8 Å². The molecule has 0 radical (unpaired) electrons. The van der Waals surface area contributed by atoms with Gasteiger partial charge >= 0.3 is 5.97 Å². The van der Waals surface area contributed by atoms with Crippen molar-refractivity contribution in [2.45, 2.75) is 32.2 Å². The minimum absolute atomic E-state index is 0.227. The third kappa shape index (κ3) is 4.79. The average Bonchev–Trinajstić information content (AvgIpc) is 2.37. The van der Waals surface area contributed by atoms with Crippen molar-refractivity contribution >= 4 is 5.97 Å². The van der Waals surface area contributed by atoms with Crippen LogP contribution in [0.5, 0.6) is 11.5 Å². The third-order valence-electron chi connectivity index (χ3n) is 2.68. The number of hydrogen-bond acceptors (Lipinski definition) is 4. The number of hydrogen-bond donors (Lipinski definition) is 2. The second-order valence-electron chi connectivity index (χ2n) is 4.62. The monoisotopic (exact) mass is 267 g/mol. The molecule has 1 unspecified atom stereocenters. The molecule has 0 aliphatic heterocycles. The average molecular weight is 267 g/mol. The van der Waals surface area contributed by atoms with E-state index in [0.29, 0.717) is 18.1 Å². The number of carbonyl (C=O) groups is 1. The molecule has 106 valence electrons. The second-order valence-corrected chi connectivity index (χ2v) is 4.62. The van der Waals surface area contributed by atoms with E-state index in [-0.39, 0.29) is 13.0 Å². The predicted molar refractivity (Wildman–Crippen MR) is 72.6 cm³/mol. The quantitative estimate of drug-likeness (QED) is 0.753. The Morgan fingerprint density at radius 2 is 1.79 bits per heavy atom. The van der Waals surface area contributed by atoms with E-state index >= 15 is 0 Å². The van der Waals surface area contributed by atoms with Gasteiger partial charge in [-0.1, -0.05) is 19.1 Å². The molecule has 0 fully saturated rings. The lowest BCUT2D eigenvalue weighted by atomic mass is 10.0. The van der Waals surface area contributed by atoms with Crippen LogP contribution in [-0.4, -0.2) is 29.8 Å². The summed E-state index contributed by atoms with van der Waals surface area (Å²) in [7, 11) is 0. The van der Waals surface area contributed by atoms with Crippen LogP contribution in [0.25, 0.3) is 0 Å². The van der Waals surface area contributed by atoms with Crippen LogP contribution in [0, 0.1) is 0 Å². The summed E-state index contributed by atoms with van der Waals surface area (Å²) >= 11 is 0. The van der Waals surface area contributed by atoms with Crippen LogP contribution >= 0.6 is 0 Å². The number of para-hydroxylation sites is 2. The zero-order valence-electron chi connectivity index (χ0n) is 11.4. The van der Waals surface area contributed by atoms with Crippen molar-refractivity contribution < 1.29 is 19.4 Å². The Morgan fingerprint density at radius 1 is 1.26 bits per heavy atom. The van der Waals surface area contributed by atoms with Crippen LogP contribution in [0.2, 0.25) is 0 Å². The van der Waals surface area contributed by atoms with Gasteiger partial charge in [-0.3, -0.25) is 4.79 Å². The number of aliphatic carboxylic acids is 1. The molecule has 1 rings (SSSR count). The molecule has 0 amide bonds. The molecule has 3 N–H and O–H groups in total. The molecule has 1 aromatic rings. The summed E-state index contributed by atoms with van der Waals surface area (Å²) in [5, 5.41) is 8.90. The van der Waals surface area contributed by atoms with Gasteiger partial charge in [0.2, 0.25) is 0 Å². The lowest BCUT2D eigenvalue weighted by Gasteiger charge is -2.19. The molecule has 0 aromatic heterocycles. The highest BCUT2D eigenvalue weighted by Gasteiger charge is 2.27. The highest BCUT2D eigenvalue weighted by molar-refractivity contribution is 5.77. The fraction of sp³-hybridized carbons (Fsp3) is 0.500. The summed E-state index contributed by atoms with van der Waals surface area (Å²) in [6.07, 6.45) is 1.14. The zero-order chi connectivity index (χ0) is 14.3. The fourth-order valence-corrected chi connectivity index (χ4v) is 1.38. The van der Waals surface area contributed by atoms with Gasteiger partial charge in [0.05, 0.1) is 13.2 Å². The Bertz CT molecular complexity index is 418. The van der Waals surface area contributed by atoms with E-state index in [4.69, 9.17) is 20.3 Å². The Hall–Kier alpha value is -1.75. The molecule has 19 heavy (non-hydrogen) atoms. The van der Waals surface area contributed by atoms with E-state index < -0.39 is 11.5 Å². The highest BCUT2D eigenvalue weighted by atomic mass is 16.5. The van der Waals surface area contributed by atoms with Crippen LogP contribution in [0.1, 0.15) is 26.7 Å². The van der Waals surface area contributed by atoms with Crippen LogP contribution in [0.15, 0.2) is 24.3 Å². The molecular formula is C14H21NO4. The van der Waals surface area contributed by atoms with Crippen LogP contribution in [0.4, 0.5) is 0 Å². The molecule has 0 bridgehead atoms. The SMILES string of the molecule is CCCOc1ccccc1OCCC(C)(N)C(=O)O. The van der Waals surface area contributed by atoms with Gasteiger partial charge in [0.25, 0.3) is 0 Å². The van der Waals surface area contributed by atoms with E-state index in [1.807, 2.05) is 25.1 Å². The Morgan fingerprint density at radius 3 is 2.26 bits per heavy atom. The number of ether oxygens (including phenoxy) is 2. The largest absolute Gasteiger partial charge is 0.490 e. The maximum Gasteiger partial charge on any atom is 0.323 e. The minimum atomic E-state index is -1.28. The maximum atomic E-state index is 10.9. The van der Waals surface area contributed by atoms with Crippen LogP contribution in [0.3, 0.4) is 0 Å². The van der Waals surface area contributed by atoms with E-state index in [2.05, 4.69) is 0 Å². The van der Waals surface area contributed by atoms with Gasteiger partial charge in [0.1, 0.15) is 5.54 Å². The maximum absolute atomic E-state index is 10.9. The van der Waals surface area contributed by atoms with Crippen molar-refractivity contribution in [1.29, 1.82) is 0 Å². The molecule has 1 atom stereocenters. The Labute approximate surface area is 113 Å². The van der Waals surface area contributed by atoms with Gasteiger partial charge in [0.15, 0.2) is 11.5 Å². The van der Waals surface area contributed by atoms with E-state index in [9.17, 15) is 4.79 Å². The molecular weight excluding hydrogens is 246 g/mol. The normalized spacial score (nSPS) is 13.6. The number of benzene rings is 1. The number of carboxylic acids is 1. The van der Waals surface area contributed by atoms with E-state index in [1.54, 1.807) is 6.07 Å². The molecule has 0 heterocycles. The molecule has 0 saturated carbocycles. The highest BCUT2D eigenvalue weighted by Crippen LogP contribution is 2.27. The van der Waals surface area contributed by atoms with Gasteiger partial charge < -0.3 is 20.3 Å². The predicted octanol–water partition coefficient (Wildman–Crippen LogP) is 2.05. The van der Waals surface area contributed by atoms with Crippen molar-refractivity contribution in [3.63, 3.8) is 0 Å². The first-order valence-corrected chi connectivity index (χ1v) is 6.34. The summed E-state index contributed by atoms with van der Waals surface area (Å²) in [5.41, 5.74) is 4.35. The molecule has 0 aliphatic rings. The lowest BCUT2D eigenvalue weighted by molar-refractivity contribution is -0.143. The van der Waals surface area contributed by atoms with Crippen molar-refractivity contribution in [3.05, 3.63) is 24.3 Å². The van der Waals surface area contributed by atoms with E-state index in [0.717, 1.165) is 6.42 Å². The van der Waals surface area contributed by atoms with Gasteiger partial charge in [-0.05, 0) is 25.5 Å². The summed E-state index contributed by atoms with van der Waals surface area (Å²) in [6, 6.07) is 7.32. The number of carboxylic acid groups (broad SMARTS) is 1. The van der Waals surface area contributed by atoms with Crippen LogP contribution in [-0.2, 0) is 4.79 Å². The summed E-state index contributed by atoms with van der Waals surface area (Å²) in [4.78, 5) is 10.9. The fourth-order valence-electron chi connectivity index (χ4n) is 1.38. The smallest absolute Gasteiger partial charge is 0.323 e. The van der Waals surface area contributed by atoms with Crippen molar-refractivity contribution in [1.82, 2.24) is 0 Å². The van der Waals surface area contributed by atoms with Crippen molar-refractivity contribution in [2.24, 2.45) is 5.73 Å². The zero-order valence-corrected chi connectivity index (χ0v) is 11.4. The standard InChI is InChI=1S/C14H21NO4/c1-3-9-18-11-6-4-5-7-12(11)19-10-8-14(2,15)13(16)17/h4-7H,3,8-10,15H2,1-2H3,(H,16,17). The van der Waals surface area contributed by atoms with Crippen LogP contribution < -0.4 is 15.2 Å². The molecule has 5 heteroatoms. The third-order valence-corrected chi connectivity index (χ3v) is 2.68. The van der Waals surface area contributed by atoms with Gasteiger partial charge in [-0.15, -0.1) is 0 Å². The van der Waals surface area contributed by atoms with E-state index in [1.165, 1.54) is 6.92 Å². The Kier molecular flexibility index (Phi) is 5.63. The minimum Gasteiger partial charge on any atom is -0.490 e. The second kappa shape index (κ2) is 6.99. The lowest BCUT2D eigenvalue weighted by Crippen LogP contribution is -2.45. The molecule has 0 saturated heterocycles. The molecule has 0 spiro atoms. The van der Waals surface area contributed by atoms with Crippen molar-refractivity contribution in [3.8, 4) is 11.5 Å².